The van der Waals surface area contributed by atoms with Gasteiger partial charge in [0.15, 0.2) is 0 Å². The van der Waals surface area contributed by atoms with Crippen LogP contribution in [0.25, 0.3) is 0 Å². The minimum Gasteiger partial charge on any atom is -0.326 e. The van der Waals surface area contributed by atoms with E-state index < -0.39 is 4.92 Å². The van der Waals surface area contributed by atoms with Gasteiger partial charge in [-0.15, -0.1) is 0 Å². The minimum absolute atomic E-state index is 0.0248. The highest BCUT2D eigenvalue weighted by molar-refractivity contribution is 5.89. The van der Waals surface area contributed by atoms with Gasteiger partial charge in [0.2, 0.25) is 11.8 Å². The number of hydrogen-bond donors (Lipinski definition) is 2. The molecular weight excluding hydrogens is 346 g/mol. The monoisotopic (exact) mass is 371 g/mol. The normalized spacial score (nSPS) is 9.63. The van der Waals surface area contributed by atoms with Crippen LogP contribution in [-0.2, 0) is 22.4 Å². The summed E-state index contributed by atoms with van der Waals surface area (Å²) in [6, 6.07) is 12.4. The van der Waals surface area contributed by atoms with Crippen molar-refractivity contribution < 1.29 is 14.5 Å². The summed E-state index contributed by atoms with van der Waals surface area (Å²) < 4.78 is 0. The largest absolute Gasteiger partial charge is 0.326 e. The van der Waals surface area contributed by atoms with Crippen LogP contribution in [0.3, 0.4) is 0 Å². The fraction of sp³-hybridized carbons (Fsp3) is 0.300. The Morgan fingerprint density at radius 2 is 1.52 bits per heavy atom. The van der Waals surface area contributed by atoms with E-state index in [0.717, 1.165) is 12.1 Å². The highest BCUT2D eigenvalue weighted by Gasteiger charge is 2.12. The van der Waals surface area contributed by atoms with Crippen molar-refractivity contribution in [3.8, 4) is 0 Å². The molecular formula is C20H25N3O4. The Kier molecular flexibility index (Phi) is 8.65. The van der Waals surface area contributed by atoms with E-state index >= 15 is 0 Å². The molecule has 0 heterocycles. The number of aryl methyl sites for hydroxylation is 2. The molecule has 0 aliphatic carbocycles. The van der Waals surface area contributed by atoms with Crippen LogP contribution in [0.4, 0.5) is 17.1 Å². The van der Waals surface area contributed by atoms with Crippen molar-refractivity contribution in [3.63, 3.8) is 0 Å². The molecule has 27 heavy (non-hydrogen) atoms. The lowest BCUT2D eigenvalue weighted by Crippen LogP contribution is -2.06. The van der Waals surface area contributed by atoms with Gasteiger partial charge in [-0.2, -0.15) is 0 Å². The Labute approximate surface area is 158 Å². The van der Waals surface area contributed by atoms with E-state index in [-0.39, 0.29) is 17.5 Å². The van der Waals surface area contributed by atoms with Gasteiger partial charge in [-0.25, -0.2) is 0 Å². The molecule has 0 aliphatic heterocycles. The highest BCUT2D eigenvalue weighted by Crippen LogP contribution is 2.23. The van der Waals surface area contributed by atoms with Gasteiger partial charge in [0, 0.05) is 36.9 Å². The number of nitrogens with one attached hydrogen (secondary N) is 2. The predicted octanol–water partition coefficient (Wildman–Crippen LogP) is 4.32. The molecule has 0 aromatic heterocycles. The second-order valence-electron chi connectivity index (χ2n) is 5.87. The van der Waals surface area contributed by atoms with E-state index in [9.17, 15) is 19.7 Å². The zero-order valence-corrected chi connectivity index (χ0v) is 16.0. The molecule has 0 unspecified atom stereocenters. The zero-order chi connectivity index (χ0) is 20.4. The van der Waals surface area contributed by atoms with Crippen LogP contribution < -0.4 is 10.6 Å². The number of hydrogen-bond acceptors (Lipinski definition) is 4. The Bertz CT molecular complexity index is 819. The van der Waals surface area contributed by atoms with Crippen molar-refractivity contribution >= 4 is 28.9 Å². The molecule has 2 N–H and O–H groups in total. The number of amides is 2. The first-order valence-corrected chi connectivity index (χ1v) is 8.68. The molecule has 144 valence electrons. The molecule has 0 saturated heterocycles. The van der Waals surface area contributed by atoms with Gasteiger partial charge in [0.05, 0.1) is 4.92 Å². The maximum absolute atomic E-state index is 10.8. The Morgan fingerprint density at radius 3 is 2.00 bits per heavy atom. The third-order valence-electron chi connectivity index (χ3n) is 3.63. The van der Waals surface area contributed by atoms with Crippen LogP contribution in [0.15, 0.2) is 42.5 Å². The third-order valence-corrected chi connectivity index (χ3v) is 3.63. The first-order chi connectivity index (χ1) is 12.8. The van der Waals surface area contributed by atoms with E-state index in [0.29, 0.717) is 17.7 Å². The third kappa shape index (κ3) is 7.68. The van der Waals surface area contributed by atoms with Crippen LogP contribution >= 0.6 is 0 Å². The lowest BCUT2D eigenvalue weighted by atomic mass is 10.1. The standard InChI is InChI=1S/C10H12N2O3.C10H13NO/c1-3-8-6-9(11-7(2)13)4-5-10(8)12(14)15;1-3-9-5-4-6-10(7-9)11-8(2)12/h4-6H,3H2,1-2H3,(H,11,13);4-7H,3H2,1-2H3,(H,11,12). The SMILES string of the molecule is CCc1cc(NC(C)=O)ccc1[N+](=O)[O-].CCc1cccc(NC(C)=O)c1. The lowest BCUT2D eigenvalue weighted by molar-refractivity contribution is -0.385. The number of anilines is 2. The molecule has 7 heteroatoms. The number of carbonyl (C=O) groups excluding carboxylic acids is 2. The maximum Gasteiger partial charge on any atom is 0.272 e. The summed E-state index contributed by atoms with van der Waals surface area (Å²) in [4.78, 5) is 31.7. The molecule has 7 nitrogen and oxygen atoms in total. The van der Waals surface area contributed by atoms with Gasteiger partial charge in [-0.3, -0.25) is 19.7 Å². The van der Waals surface area contributed by atoms with E-state index in [1.807, 2.05) is 31.2 Å². The van der Waals surface area contributed by atoms with E-state index in [2.05, 4.69) is 17.6 Å². The van der Waals surface area contributed by atoms with Gasteiger partial charge >= 0.3 is 0 Å². The molecule has 2 amide bonds. The molecule has 2 rings (SSSR count). The van der Waals surface area contributed by atoms with Crippen LogP contribution in [0, 0.1) is 10.1 Å². The van der Waals surface area contributed by atoms with Crippen molar-refractivity contribution in [3.05, 3.63) is 63.7 Å². The van der Waals surface area contributed by atoms with E-state index in [1.165, 1.54) is 31.5 Å². The predicted molar refractivity (Wildman–Crippen MR) is 107 cm³/mol. The quantitative estimate of drug-likeness (QED) is 0.603. The van der Waals surface area contributed by atoms with Crippen molar-refractivity contribution in [1.82, 2.24) is 0 Å². The number of nitro groups is 1. The fourth-order valence-electron chi connectivity index (χ4n) is 2.40. The Balaban J connectivity index is 0.000000277. The van der Waals surface area contributed by atoms with Gasteiger partial charge in [0.25, 0.3) is 5.69 Å². The van der Waals surface area contributed by atoms with Gasteiger partial charge in [-0.05, 0) is 42.7 Å². The lowest BCUT2D eigenvalue weighted by Gasteiger charge is -2.04. The van der Waals surface area contributed by atoms with Crippen molar-refractivity contribution in [1.29, 1.82) is 0 Å². The molecule has 0 radical (unpaired) electrons. The number of rotatable bonds is 5. The van der Waals surface area contributed by atoms with E-state index in [4.69, 9.17) is 0 Å². The Hall–Kier alpha value is -3.22. The molecule has 2 aromatic rings. The summed E-state index contributed by atoms with van der Waals surface area (Å²) in [5, 5.41) is 16.0. The zero-order valence-electron chi connectivity index (χ0n) is 16.0. The molecule has 0 aliphatic rings. The fourth-order valence-corrected chi connectivity index (χ4v) is 2.40. The molecule has 0 bridgehead atoms. The van der Waals surface area contributed by atoms with Crippen molar-refractivity contribution in [2.45, 2.75) is 40.5 Å². The number of benzene rings is 2. The van der Waals surface area contributed by atoms with Crippen LogP contribution in [-0.4, -0.2) is 16.7 Å². The Morgan fingerprint density at radius 1 is 0.926 bits per heavy atom. The number of carbonyl (C=O) groups is 2. The molecule has 0 atom stereocenters. The molecule has 0 saturated carbocycles. The average molecular weight is 371 g/mol. The highest BCUT2D eigenvalue weighted by atomic mass is 16.6. The summed E-state index contributed by atoms with van der Waals surface area (Å²) in [6.07, 6.45) is 1.55. The first kappa shape index (κ1) is 21.8. The smallest absolute Gasteiger partial charge is 0.272 e. The maximum atomic E-state index is 10.8. The number of nitrogens with zero attached hydrogens (tertiary/aromatic N) is 1. The molecule has 2 aromatic carbocycles. The van der Waals surface area contributed by atoms with Crippen LogP contribution in [0.5, 0.6) is 0 Å². The van der Waals surface area contributed by atoms with Crippen LogP contribution in [0.1, 0.15) is 38.8 Å². The number of nitro benzene ring substituents is 1. The van der Waals surface area contributed by atoms with Gasteiger partial charge in [0.1, 0.15) is 0 Å². The first-order valence-electron chi connectivity index (χ1n) is 8.68. The molecule has 0 spiro atoms. The summed E-state index contributed by atoms with van der Waals surface area (Å²) in [7, 11) is 0. The average Bonchev–Trinajstić information content (AvgIpc) is 2.61. The van der Waals surface area contributed by atoms with Gasteiger partial charge in [-0.1, -0.05) is 26.0 Å². The summed E-state index contributed by atoms with van der Waals surface area (Å²) >= 11 is 0. The van der Waals surface area contributed by atoms with Crippen molar-refractivity contribution in [2.75, 3.05) is 10.6 Å². The topological polar surface area (TPSA) is 101 Å². The summed E-state index contributed by atoms with van der Waals surface area (Å²) in [5.41, 5.74) is 3.41. The second-order valence-corrected chi connectivity index (χ2v) is 5.87. The second kappa shape index (κ2) is 10.7. The molecule has 0 fully saturated rings. The summed E-state index contributed by atoms with van der Waals surface area (Å²) in [5.74, 6) is -0.214. The minimum atomic E-state index is -0.420. The van der Waals surface area contributed by atoms with Crippen LogP contribution in [0.2, 0.25) is 0 Å². The van der Waals surface area contributed by atoms with E-state index in [1.54, 1.807) is 6.07 Å². The van der Waals surface area contributed by atoms with Crippen molar-refractivity contribution in [2.24, 2.45) is 0 Å². The van der Waals surface area contributed by atoms with Gasteiger partial charge < -0.3 is 10.6 Å². The summed E-state index contributed by atoms with van der Waals surface area (Å²) in [6.45, 7) is 6.83.